The number of anilines is 1. The van der Waals surface area contributed by atoms with E-state index in [4.69, 9.17) is 5.11 Å². The number of hydrogen-bond donors (Lipinski definition) is 2. The van der Waals surface area contributed by atoms with E-state index in [2.05, 4.69) is 5.32 Å². The molecule has 8 heteroatoms. The molecule has 2 rings (SSSR count). The number of carbonyl (C=O) groups excluding carboxylic acids is 1. The van der Waals surface area contributed by atoms with Crippen LogP contribution in [-0.4, -0.2) is 45.6 Å². The molecule has 0 aromatic heterocycles. The summed E-state index contributed by atoms with van der Waals surface area (Å²) in [5, 5.41) is 11.7. The number of piperidine rings is 1. The monoisotopic (exact) mass is 342 g/mol. The number of urea groups is 1. The first kappa shape index (κ1) is 17.4. The molecule has 2 N–H and O–H groups in total. The van der Waals surface area contributed by atoms with Gasteiger partial charge in [0.2, 0.25) is 0 Å². The van der Waals surface area contributed by atoms with Gasteiger partial charge in [-0.05, 0) is 30.5 Å². The third kappa shape index (κ3) is 4.28. The molecule has 2 amide bonds. The summed E-state index contributed by atoms with van der Waals surface area (Å²) in [7, 11) is -1.44. The van der Waals surface area contributed by atoms with E-state index in [1.54, 1.807) is 0 Å². The molecule has 1 aliphatic heterocycles. The van der Waals surface area contributed by atoms with Gasteiger partial charge in [0.05, 0.1) is 21.6 Å². The Bertz CT molecular complexity index is 652. The second kappa shape index (κ2) is 7.08. The van der Waals surface area contributed by atoms with Crippen molar-refractivity contribution in [1.82, 2.24) is 4.90 Å². The molecule has 0 bridgehead atoms. The highest BCUT2D eigenvalue weighted by atomic mass is 32.2. The smallest absolute Gasteiger partial charge is 0.321 e. The number of likely N-dealkylation sites (tertiary alicyclic amines) is 1. The average Bonchev–Trinajstić information content (AvgIpc) is 2.46. The summed E-state index contributed by atoms with van der Waals surface area (Å²) in [6.45, 7) is 2.47. The van der Waals surface area contributed by atoms with Crippen LogP contribution in [0.2, 0.25) is 0 Å². The molecule has 3 unspecified atom stereocenters. The van der Waals surface area contributed by atoms with E-state index in [1.807, 2.05) is 6.92 Å². The lowest BCUT2D eigenvalue weighted by atomic mass is 9.91. The van der Waals surface area contributed by atoms with Crippen LogP contribution in [0.15, 0.2) is 23.1 Å². The molecule has 0 spiro atoms. The summed E-state index contributed by atoms with van der Waals surface area (Å²) in [4.78, 5) is 24.9. The zero-order valence-electron chi connectivity index (χ0n) is 12.9. The van der Waals surface area contributed by atoms with Gasteiger partial charge in [0.15, 0.2) is 0 Å². The molecule has 1 fully saturated rings. The van der Waals surface area contributed by atoms with Crippen molar-refractivity contribution in [3.8, 4) is 0 Å². The molecule has 1 aromatic rings. The maximum absolute atomic E-state index is 13.8. The van der Waals surface area contributed by atoms with Gasteiger partial charge in [-0.3, -0.25) is 9.00 Å². The van der Waals surface area contributed by atoms with Crippen LogP contribution in [0.5, 0.6) is 0 Å². The fourth-order valence-corrected chi connectivity index (χ4v) is 3.30. The highest BCUT2D eigenvalue weighted by Crippen LogP contribution is 2.23. The number of aliphatic carboxylic acids is 1. The van der Waals surface area contributed by atoms with Crippen molar-refractivity contribution in [2.45, 2.75) is 18.2 Å². The lowest BCUT2D eigenvalue weighted by molar-refractivity contribution is -0.143. The van der Waals surface area contributed by atoms with Gasteiger partial charge in [0.25, 0.3) is 0 Å². The highest BCUT2D eigenvalue weighted by molar-refractivity contribution is 7.84. The number of nitrogens with zero attached hydrogens (tertiary/aromatic N) is 1. The minimum atomic E-state index is -1.44. The molecule has 0 saturated carbocycles. The highest BCUT2D eigenvalue weighted by Gasteiger charge is 2.31. The van der Waals surface area contributed by atoms with Gasteiger partial charge in [-0.1, -0.05) is 6.92 Å². The molecule has 1 aliphatic rings. The van der Waals surface area contributed by atoms with Crippen LogP contribution in [0.25, 0.3) is 0 Å². The molecule has 3 atom stereocenters. The van der Waals surface area contributed by atoms with E-state index < -0.39 is 34.5 Å². The fourth-order valence-electron chi connectivity index (χ4n) is 2.71. The summed E-state index contributed by atoms with van der Waals surface area (Å²) >= 11 is 0. The van der Waals surface area contributed by atoms with Crippen LogP contribution in [0.4, 0.5) is 14.9 Å². The zero-order chi connectivity index (χ0) is 17.1. The van der Waals surface area contributed by atoms with E-state index in [-0.39, 0.29) is 23.0 Å². The van der Waals surface area contributed by atoms with Gasteiger partial charge in [-0.2, -0.15) is 0 Å². The van der Waals surface area contributed by atoms with E-state index in [9.17, 15) is 18.2 Å². The Morgan fingerprint density at radius 2 is 2.09 bits per heavy atom. The first-order valence-corrected chi connectivity index (χ1v) is 8.75. The number of carboxylic acid groups (broad SMARTS) is 1. The fraction of sp³-hybridized carbons (Fsp3) is 0.467. The van der Waals surface area contributed by atoms with Crippen molar-refractivity contribution >= 4 is 28.5 Å². The van der Waals surface area contributed by atoms with Crippen molar-refractivity contribution in [3.63, 3.8) is 0 Å². The van der Waals surface area contributed by atoms with E-state index in [1.165, 1.54) is 23.3 Å². The summed E-state index contributed by atoms with van der Waals surface area (Å²) < 4.78 is 25.1. The predicted molar refractivity (Wildman–Crippen MR) is 84.2 cm³/mol. The van der Waals surface area contributed by atoms with E-state index in [0.717, 1.165) is 6.07 Å². The Morgan fingerprint density at radius 3 is 2.65 bits per heavy atom. The molecule has 1 saturated heterocycles. The first-order valence-electron chi connectivity index (χ1n) is 7.19. The van der Waals surface area contributed by atoms with Crippen LogP contribution < -0.4 is 5.32 Å². The summed E-state index contributed by atoms with van der Waals surface area (Å²) in [5.41, 5.74) is 0.242. The number of nitrogens with one attached hydrogen (secondary N) is 1. The number of benzene rings is 1. The number of carboxylic acids is 1. The Hall–Kier alpha value is -1.96. The molecule has 0 radical (unpaired) electrons. The van der Waals surface area contributed by atoms with Crippen LogP contribution in [0.1, 0.15) is 13.3 Å². The molecule has 6 nitrogen and oxygen atoms in total. The van der Waals surface area contributed by atoms with Crippen LogP contribution in [-0.2, 0) is 15.6 Å². The number of halogens is 1. The minimum absolute atomic E-state index is 0.0699. The quantitative estimate of drug-likeness (QED) is 0.881. The van der Waals surface area contributed by atoms with Crippen molar-refractivity contribution in [2.75, 3.05) is 24.7 Å². The molecule has 1 heterocycles. The minimum Gasteiger partial charge on any atom is -0.481 e. The Morgan fingerprint density at radius 1 is 1.39 bits per heavy atom. The average molecular weight is 342 g/mol. The molecule has 0 aliphatic carbocycles. The lowest BCUT2D eigenvalue weighted by Crippen LogP contribution is -2.47. The maximum Gasteiger partial charge on any atom is 0.321 e. The Kier molecular flexibility index (Phi) is 5.35. The predicted octanol–water partition coefficient (Wildman–Crippen LogP) is 2.14. The number of amides is 2. The summed E-state index contributed by atoms with van der Waals surface area (Å²) in [5.74, 6) is -2.09. The van der Waals surface area contributed by atoms with Crippen LogP contribution in [0.3, 0.4) is 0 Å². The van der Waals surface area contributed by atoms with Crippen molar-refractivity contribution in [1.29, 1.82) is 0 Å². The molecule has 126 valence electrons. The molecule has 23 heavy (non-hydrogen) atoms. The molecule has 1 aromatic carbocycles. The second-order valence-corrected chi connectivity index (χ2v) is 7.16. The van der Waals surface area contributed by atoms with E-state index >= 15 is 0 Å². The topological polar surface area (TPSA) is 86.7 Å². The van der Waals surface area contributed by atoms with Crippen molar-refractivity contribution in [2.24, 2.45) is 11.8 Å². The first-order chi connectivity index (χ1) is 10.8. The SMILES string of the molecule is CC1CC(C(=O)O)CN(C(=O)Nc2ccc(S(C)=O)c(F)c2)C1. The van der Waals surface area contributed by atoms with Crippen molar-refractivity contribution < 1.29 is 23.3 Å². The largest absolute Gasteiger partial charge is 0.481 e. The summed E-state index contributed by atoms with van der Waals surface area (Å²) in [6, 6.07) is 3.48. The van der Waals surface area contributed by atoms with E-state index in [0.29, 0.717) is 13.0 Å². The number of carbonyl (C=O) groups is 2. The summed E-state index contributed by atoms with van der Waals surface area (Å²) in [6.07, 6.45) is 1.91. The van der Waals surface area contributed by atoms with Gasteiger partial charge in [-0.15, -0.1) is 0 Å². The lowest BCUT2D eigenvalue weighted by Gasteiger charge is -2.34. The maximum atomic E-state index is 13.8. The zero-order valence-corrected chi connectivity index (χ0v) is 13.7. The standard InChI is InChI=1S/C15H19FN2O4S/c1-9-5-10(14(19)20)8-18(7-9)15(21)17-11-3-4-13(23(2)22)12(16)6-11/h3-4,6,9-10H,5,7-8H2,1-2H3,(H,17,21)(H,19,20). The van der Waals surface area contributed by atoms with Gasteiger partial charge in [-0.25, -0.2) is 9.18 Å². The van der Waals surface area contributed by atoms with Crippen LogP contribution in [0, 0.1) is 17.7 Å². The normalized spacial score (nSPS) is 22.5. The van der Waals surface area contributed by atoms with Crippen molar-refractivity contribution in [3.05, 3.63) is 24.0 Å². The van der Waals surface area contributed by atoms with Gasteiger partial charge >= 0.3 is 12.0 Å². The van der Waals surface area contributed by atoms with Gasteiger partial charge < -0.3 is 15.3 Å². The molecular weight excluding hydrogens is 323 g/mol. The third-order valence-corrected chi connectivity index (χ3v) is 4.74. The number of hydrogen-bond acceptors (Lipinski definition) is 3. The van der Waals surface area contributed by atoms with Crippen LogP contribution >= 0.6 is 0 Å². The Labute approximate surface area is 136 Å². The second-order valence-electron chi connectivity index (χ2n) is 5.81. The van der Waals surface area contributed by atoms with Gasteiger partial charge in [0, 0.05) is 25.0 Å². The Balaban J connectivity index is 2.08. The van der Waals surface area contributed by atoms with Gasteiger partial charge in [0.1, 0.15) is 5.82 Å². The molecular formula is C15H19FN2O4S. The number of rotatable bonds is 3. The third-order valence-electron chi connectivity index (χ3n) is 3.79.